The lowest BCUT2D eigenvalue weighted by Gasteiger charge is -2.25. The first-order chi connectivity index (χ1) is 11.6. The average molecular weight is 321 g/mol. The molecule has 1 fully saturated rings. The molecule has 0 aliphatic heterocycles. The number of allylic oxidation sites excluding steroid dienone is 2. The monoisotopic (exact) mass is 321 g/mol. The number of fused-ring (bicyclic) bond motifs is 1. The number of benzene rings is 2. The standard InChI is InChI=1S/C22H24FN/c1-14-7-9-18-16(11-14)12-20(19-13-17(23)8-10-21(19)24)22(18)15-5-3-2-4-6-15/h7-11,13,15H,2-6,12,24H2,1H3. The molecular formula is C22H24FN. The Hall–Kier alpha value is -2.09. The Labute approximate surface area is 143 Å². The van der Waals surface area contributed by atoms with Crippen molar-refractivity contribution in [3.8, 4) is 0 Å². The Bertz CT molecular complexity index is 813. The zero-order valence-electron chi connectivity index (χ0n) is 14.2. The van der Waals surface area contributed by atoms with Gasteiger partial charge in [0.05, 0.1) is 0 Å². The largest absolute Gasteiger partial charge is 0.398 e. The van der Waals surface area contributed by atoms with Gasteiger partial charge in [-0.2, -0.15) is 0 Å². The molecule has 2 aliphatic carbocycles. The second kappa shape index (κ2) is 6.08. The van der Waals surface area contributed by atoms with Gasteiger partial charge in [-0.3, -0.25) is 0 Å². The molecule has 1 saturated carbocycles. The maximum atomic E-state index is 13.9. The molecule has 2 N–H and O–H groups in total. The van der Waals surface area contributed by atoms with E-state index in [9.17, 15) is 4.39 Å². The number of hydrogen-bond acceptors (Lipinski definition) is 1. The Morgan fingerprint density at radius 3 is 2.54 bits per heavy atom. The smallest absolute Gasteiger partial charge is 0.123 e. The van der Waals surface area contributed by atoms with Gasteiger partial charge in [-0.05, 0) is 72.6 Å². The zero-order valence-corrected chi connectivity index (χ0v) is 14.2. The van der Waals surface area contributed by atoms with Crippen LogP contribution in [0.2, 0.25) is 0 Å². The van der Waals surface area contributed by atoms with E-state index in [2.05, 4.69) is 25.1 Å². The first-order valence-corrected chi connectivity index (χ1v) is 9.02. The van der Waals surface area contributed by atoms with Crippen LogP contribution in [-0.2, 0) is 6.42 Å². The Kier molecular flexibility index (Phi) is 3.91. The zero-order chi connectivity index (χ0) is 16.7. The van der Waals surface area contributed by atoms with Crippen LogP contribution in [0, 0.1) is 18.7 Å². The minimum atomic E-state index is -0.207. The van der Waals surface area contributed by atoms with Crippen molar-refractivity contribution in [2.75, 3.05) is 5.73 Å². The number of hydrogen-bond donors (Lipinski definition) is 1. The van der Waals surface area contributed by atoms with E-state index in [0.717, 1.165) is 12.0 Å². The molecule has 2 aromatic carbocycles. The van der Waals surface area contributed by atoms with Crippen LogP contribution in [0.1, 0.15) is 54.4 Å². The van der Waals surface area contributed by atoms with Crippen molar-refractivity contribution in [2.45, 2.75) is 45.4 Å². The summed E-state index contributed by atoms with van der Waals surface area (Å²) in [5, 5.41) is 0. The predicted octanol–water partition coefficient (Wildman–Crippen LogP) is 5.76. The van der Waals surface area contributed by atoms with Crippen molar-refractivity contribution in [1.29, 1.82) is 0 Å². The summed E-state index contributed by atoms with van der Waals surface area (Å²) in [6, 6.07) is 11.5. The van der Waals surface area contributed by atoms with Crippen molar-refractivity contribution in [2.24, 2.45) is 5.92 Å². The van der Waals surface area contributed by atoms with Crippen LogP contribution in [-0.4, -0.2) is 0 Å². The first-order valence-electron chi connectivity index (χ1n) is 9.02. The second-order valence-corrected chi connectivity index (χ2v) is 7.30. The maximum Gasteiger partial charge on any atom is 0.123 e. The summed E-state index contributed by atoms with van der Waals surface area (Å²) in [5.41, 5.74) is 14.5. The van der Waals surface area contributed by atoms with Gasteiger partial charge in [0.15, 0.2) is 0 Å². The number of nitrogen functional groups attached to an aromatic ring is 1. The summed E-state index contributed by atoms with van der Waals surface area (Å²) in [4.78, 5) is 0. The fourth-order valence-electron chi connectivity index (χ4n) is 4.47. The summed E-state index contributed by atoms with van der Waals surface area (Å²) >= 11 is 0. The molecule has 0 aromatic heterocycles. The molecule has 1 nitrogen and oxygen atoms in total. The third-order valence-electron chi connectivity index (χ3n) is 5.60. The summed E-state index contributed by atoms with van der Waals surface area (Å²) in [7, 11) is 0. The Morgan fingerprint density at radius 1 is 0.958 bits per heavy atom. The van der Waals surface area contributed by atoms with Gasteiger partial charge >= 0.3 is 0 Å². The highest BCUT2D eigenvalue weighted by Gasteiger charge is 2.30. The molecule has 0 spiro atoms. The number of nitrogens with two attached hydrogens (primary N) is 1. The van der Waals surface area contributed by atoms with Gasteiger partial charge in [0.25, 0.3) is 0 Å². The topological polar surface area (TPSA) is 26.0 Å². The molecule has 0 atom stereocenters. The quantitative estimate of drug-likeness (QED) is 0.699. The van der Waals surface area contributed by atoms with Gasteiger partial charge in [-0.25, -0.2) is 4.39 Å². The van der Waals surface area contributed by atoms with Gasteiger partial charge in [0, 0.05) is 11.3 Å². The van der Waals surface area contributed by atoms with Crippen molar-refractivity contribution in [3.63, 3.8) is 0 Å². The second-order valence-electron chi connectivity index (χ2n) is 7.30. The molecule has 0 saturated heterocycles. The molecular weight excluding hydrogens is 297 g/mol. The minimum absolute atomic E-state index is 0.207. The van der Waals surface area contributed by atoms with E-state index in [1.165, 1.54) is 66.0 Å². The highest BCUT2D eigenvalue weighted by Crippen LogP contribution is 2.47. The van der Waals surface area contributed by atoms with E-state index in [-0.39, 0.29) is 5.82 Å². The highest BCUT2D eigenvalue weighted by molar-refractivity contribution is 6.00. The fourth-order valence-corrected chi connectivity index (χ4v) is 4.47. The van der Waals surface area contributed by atoms with Gasteiger partial charge in [-0.15, -0.1) is 0 Å². The molecule has 0 bridgehead atoms. The van der Waals surface area contributed by atoms with Crippen LogP contribution >= 0.6 is 0 Å². The van der Waals surface area contributed by atoms with E-state index in [1.54, 1.807) is 12.1 Å². The van der Waals surface area contributed by atoms with E-state index in [1.807, 2.05) is 0 Å². The summed E-state index contributed by atoms with van der Waals surface area (Å²) < 4.78 is 13.9. The van der Waals surface area contributed by atoms with Gasteiger partial charge < -0.3 is 5.73 Å². The van der Waals surface area contributed by atoms with E-state index >= 15 is 0 Å². The molecule has 0 unspecified atom stereocenters. The molecule has 124 valence electrons. The molecule has 0 amide bonds. The van der Waals surface area contributed by atoms with Crippen LogP contribution in [0.4, 0.5) is 10.1 Å². The van der Waals surface area contributed by atoms with Gasteiger partial charge in [-0.1, -0.05) is 43.0 Å². The summed E-state index contributed by atoms with van der Waals surface area (Å²) in [6.07, 6.45) is 7.27. The van der Waals surface area contributed by atoms with Crippen LogP contribution in [0.5, 0.6) is 0 Å². The third-order valence-corrected chi connectivity index (χ3v) is 5.60. The molecule has 4 rings (SSSR count). The Balaban J connectivity index is 1.88. The number of halogens is 1. The first kappa shape index (κ1) is 15.4. The number of anilines is 1. The van der Waals surface area contributed by atoms with E-state index < -0.39 is 0 Å². The molecule has 2 aliphatic rings. The van der Waals surface area contributed by atoms with Crippen molar-refractivity contribution in [1.82, 2.24) is 0 Å². The summed E-state index contributed by atoms with van der Waals surface area (Å²) in [6.45, 7) is 2.13. The van der Waals surface area contributed by atoms with Crippen LogP contribution in [0.3, 0.4) is 0 Å². The van der Waals surface area contributed by atoms with Crippen LogP contribution in [0.25, 0.3) is 11.1 Å². The lowest BCUT2D eigenvalue weighted by molar-refractivity contribution is 0.430. The maximum absolute atomic E-state index is 13.9. The Morgan fingerprint density at radius 2 is 1.75 bits per heavy atom. The minimum Gasteiger partial charge on any atom is -0.398 e. The molecule has 0 heterocycles. The van der Waals surface area contributed by atoms with Gasteiger partial charge in [0.1, 0.15) is 5.82 Å². The average Bonchev–Trinajstić information content (AvgIpc) is 2.96. The number of aryl methyl sites for hydroxylation is 1. The normalized spacial score (nSPS) is 18.1. The highest BCUT2D eigenvalue weighted by atomic mass is 19.1. The van der Waals surface area contributed by atoms with Crippen LogP contribution < -0.4 is 5.73 Å². The molecule has 0 radical (unpaired) electrons. The summed E-state index contributed by atoms with van der Waals surface area (Å²) in [5.74, 6) is 0.377. The molecule has 2 aromatic rings. The third kappa shape index (κ3) is 2.64. The lowest BCUT2D eigenvalue weighted by Crippen LogP contribution is -2.09. The van der Waals surface area contributed by atoms with Crippen molar-refractivity contribution in [3.05, 3.63) is 64.5 Å². The SMILES string of the molecule is Cc1ccc2c(c1)CC(c1cc(F)ccc1N)=C2C1CCCCC1. The predicted molar refractivity (Wildman–Crippen MR) is 99.1 cm³/mol. The molecule has 24 heavy (non-hydrogen) atoms. The van der Waals surface area contributed by atoms with E-state index in [4.69, 9.17) is 5.73 Å². The lowest BCUT2D eigenvalue weighted by atomic mass is 9.79. The molecule has 2 heteroatoms. The number of rotatable bonds is 2. The van der Waals surface area contributed by atoms with E-state index in [0.29, 0.717) is 11.6 Å². The fraction of sp³-hybridized carbons (Fsp3) is 0.364. The van der Waals surface area contributed by atoms with Gasteiger partial charge in [0.2, 0.25) is 0 Å². The van der Waals surface area contributed by atoms with Crippen molar-refractivity contribution >= 4 is 16.8 Å². The van der Waals surface area contributed by atoms with Crippen LogP contribution in [0.15, 0.2) is 36.4 Å². The van der Waals surface area contributed by atoms with Crippen molar-refractivity contribution < 1.29 is 4.39 Å².